The molecule has 136 valence electrons. The van der Waals surface area contributed by atoms with Crippen molar-refractivity contribution in [1.29, 1.82) is 0 Å². The summed E-state index contributed by atoms with van der Waals surface area (Å²) in [6.07, 6.45) is 8.81. The summed E-state index contributed by atoms with van der Waals surface area (Å²) in [4.78, 5) is 4.38. The van der Waals surface area contributed by atoms with Gasteiger partial charge in [0.15, 0.2) is 17.3 Å². The van der Waals surface area contributed by atoms with Gasteiger partial charge in [-0.2, -0.15) is 4.52 Å². The average Bonchev–Trinajstić information content (AvgIpc) is 3.11. The molecule has 1 N–H and O–H groups in total. The van der Waals surface area contributed by atoms with Gasteiger partial charge in [-0.05, 0) is 23.8 Å². The Morgan fingerprint density at radius 2 is 1.82 bits per heavy atom. The summed E-state index contributed by atoms with van der Waals surface area (Å²) in [6, 6.07) is 18.0. The Bertz CT molecular complexity index is 1180. The van der Waals surface area contributed by atoms with Gasteiger partial charge in [-0.15, -0.1) is 15.3 Å². The van der Waals surface area contributed by atoms with Crippen LogP contribution in [0.25, 0.3) is 22.6 Å². The zero-order chi connectivity index (χ0) is 18.8. The van der Waals surface area contributed by atoms with Gasteiger partial charge in [-0.1, -0.05) is 54.6 Å². The maximum atomic E-state index is 4.83. The molecule has 0 amide bonds. The Hall–Kier alpha value is -3.80. The Labute approximate surface area is 162 Å². The first kappa shape index (κ1) is 16.4. The van der Waals surface area contributed by atoms with Crippen LogP contribution >= 0.6 is 0 Å². The Balaban J connectivity index is 1.50. The summed E-state index contributed by atoms with van der Waals surface area (Å²) in [5, 5.41) is 17.0. The van der Waals surface area contributed by atoms with Gasteiger partial charge in [-0.3, -0.25) is 4.98 Å². The van der Waals surface area contributed by atoms with Gasteiger partial charge in [-0.25, -0.2) is 0 Å². The first-order valence-electron chi connectivity index (χ1n) is 9.23. The number of rotatable bonds is 6. The molecule has 6 nitrogen and oxygen atoms in total. The predicted molar refractivity (Wildman–Crippen MR) is 110 cm³/mol. The van der Waals surface area contributed by atoms with E-state index in [4.69, 9.17) is 5.10 Å². The van der Waals surface area contributed by atoms with Crippen molar-refractivity contribution in [3.8, 4) is 11.4 Å². The number of hydrogen-bond acceptors (Lipinski definition) is 5. The van der Waals surface area contributed by atoms with Crippen LogP contribution in [0.15, 0.2) is 79.0 Å². The number of allylic oxidation sites excluding steroid dienone is 4. The van der Waals surface area contributed by atoms with E-state index >= 15 is 0 Å². The molecular weight excluding hydrogens is 348 g/mol. The van der Waals surface area contributed by atoms with Gasteiger partial charge < -0.3 is 5.32 Å². The maximum absolute atomic E-state index is 4.83. The number of benzene rings is 1. The van der Waals surface area contributed by atoms with Crippen molar-refractivity contribution in [3.63, 3.8) is 0 Å². The van der Waals surface area contributed by atoms with E-state index < -0.39 is 0 Å². The van der Waals surface area contributed by atoms with E-state index in [0.29, 0.717) is 0 Å². The molecule has 0 unspecified atom stereocenters. The lowest BCUT2D eigenvalue weighted by Crippen LogP contribution is -2.12. The molecule has 28 heavy (non-hydrogen) atoms. The molecule has 0 bridgehead atoms. The van der Waals surface area contributed by atoms with Crippen LogP contribution in [0.4, 0.5) is 5.82 Å². The number of pyridine rings is 1. The van der Waals surface area contributed by atoms with Crippen LogP contribution in [0.5, 0.6) is 0 Å². The first-order chi connectivity index (χ1) is 13.9. The summed E-state index contributed by atoms with van der Waals surface area (Å²) in [5.74, 6) is 1.55. The van der Waals surface area contributed by atoms with Crippen LogP contribution in [0.1, 0.15) is 11.3 Å². The predicted octanol–water partition coefficient (Wildman–Crippen LogP) is 3.79. The second-order valence-electron chi connectivity index (χ2n) is 6.55. The van der Waals surface area contributed by atoms with Gasteiger partial charge in [0.05, 0.1) is 0 Å². The highest BCUT2D eigenvalue weighted by molar-refractivity contribution is 5.87. The number of hydrogen-bond donors (Lipinski definition) is 1. The quantitative estimate of drug-likeness (QED) is 0.562. The van der Waals surface area contributed by atoms with Crippen LogP contribution in [0, 0.1) is 0 Å². The van der Waals surface area contributed by atoms with E-state index in [1.807, 2.05) is 66.9 Å². The lowest BCUT2D eigenvalue weighted by molar-refractivity contribution is 0.902. The molecule has 0 atom stereocenters. The second kappa shape index (κ2) is 7.08. The van der Waals surface area contributed by atoms with Crippen molar-refractivity contribution in [2.75, 3.05) is 11.9 Å². The molecule has 4 aromatic rings. The molecule has 3 heterocycles. The van der Waals surface area contributed by atoms with E-state index in [1.54, 1.807) is 4.52 Å². The third-order valence-corrected chi connectivity index (χ3v) is 4.69. The van der Waals surface area contributed by atoms with E-state index in [2.05, 4.69) is 32.7 Å². The SMILES string of the molecule is C1=CC(c2cc3nnc(-c4ccccc4)n3nc2NCCc2ccccn2)=C1. The molecule has 0 spiro atoms. The fourth-order valence-corrected chi connectivity index (χ4v) is 3.18. The fraction of sp³-hybridized carbons (Fsp3) is 0.0909. The summed E-state index contributed by atoms with van der Waals surface area (Å²) in [6.45, 7) is 0.738. The van der Waals surface area contributed by atoms with Crippen molar-refractivity contribution in [1.82, 2.24) is 24.8 Å². The van der Waals surface area contributed by atoms with Gasteiger partial charge in [0.1, 0.15) is 0 Å². The fourth-order valence-electron chi connectivity index (χ4n) is 3.18. The number of anilines is 1. The van der Waals surface area contributed by atoms with Crippen LogP contribution in [-0.2, 0) is 6.42 Å². The summed E-state index contributed by atoms with van der Waals surface area (Å²) < 4.78 is 1.80. The smallest absolute Gasteiger partial charge is 0.185 e. The van der Waals surface area contributed by atoms with Crippen molar-refractivity contribution in [3.05, 3.63) is 90.3 Å². The van der Waals surface area contributed by atoms with Crippen LogP contribution in [0.2, 0.25) is 0 Å². The van der Waals surface area contributed by atoms with Gasteiger partial charge >= 0.3 is 0 Å². The standard InChI is InChI=1S/C22H18N6/c1-2-7-17(8-3-1)22-26-25-20-15-19(16-9-6-10-16)21(27-28(20)22)24-14-12-18-11-4-5-13-23-18/h1-11,13,15H,12,14H2,(H,24,27). The van der Waals surface area contributed by atoms with Crippen molar-refractivity contribution < 1.29 is 0 Å². The number of aromatic nitrogens is 5. The Kier molecular flexibility index (Phi) is 4.14. The monoisotopic (exact) mass is 366 g/mol. The molecule has 0 fully saturated rings. The zero-order valence-electron chi connectivity index (χ0n) is 15.2. The molecule has 0 radical (unpaired) electrons. The number of fused-ring (bicyclic) bond motifs is 1. The highest BCUT2D eigenvalue weighted by atomic mass is 15.4. The topological polar surface area (TPSA) is 68.0 Å². The molecule has 0 saturated heterocycles. The van der Waals surface area contributed by atoms with Crippen molar-refractivity contribution >= 4 is 17.0 Å². The van der Waals surface area contributed by atoms with Crippen molar-refractivity contribution in [2.24, 2.45) is 0 Å². The summed E-state index contributed by atoms with van der Waals surface area (Å²) in [7, 11) is 0. The van der Waals surface area contributed by atoms with Crippen LogP contribution < -0.4 is 5.32 Å². The maximum Gasteiger partial charge on any atom is 0.185 e. The van der Waals surface area contributed by atoms with E-state index in [9.17, 15) is 0 Å². The van der Waals surface area contributed by atoms with Crippen LogP contribution in [-0.4, -0.2) is 31.3 Å². The van der Waals surface area contributed by atoms with Gasteiger partial charge in [0, 0.05) is 36.0 Å². The minimum atomic E-state index is 0.727. The highest BCUT2D eigenvalue weighted by Gasteiger charge is 2.16. The summed E-state index contributed by atoms with van der Waals surface area (Å²) >= 11 is 0. The molecule has 0 saturated carbocycles. The van der Waals surface area contributed by atoms with Crippen LogP contribution in [0.3, 0.4) is 0 Å². The third-order valence-electron chi connectivity index (χ3n) is 4.69. The number of nitrogens with one attached hydrogen (secondary N) is 1. The molecule has 1 aromatic carbocycles. The molecular formula is C22H18N6. The lowest BCUT2D eigenvalue weighted by Gasteiger charge is -2.14. The third kappa shape index (κ3) is 3.05. The van der Waals surface area contributed by atoms with Gasteiger partial charge in [0.25, 0.3) is 0 Å². The van der Waals surface area contributed by atoms with Crippen molar-refractivity contribution in [2.45, 2.75) is 6.42 Å². The molecule has 5 rings (SSSR count). The van der Waals surface area contributed by atoms with E-state index in [0.717, 1.165) is 52.6 Å². The molecule has 3 aromatic heterocycles. The molecule has 6 heteroatoms. The lowest BCUT2D eigenvalue weighted by atomic mass is 10.0. The Morgan fingerprint density at radius 1 is 0.964 bits per heavy atom. The average molecular weight is 366 g/mol. The Morgan fingerprint density at radius 3 is 2.57 bits per heavy atom. The molecule has 1 aliphatic rings. The normalized spacial score (nSPS) is 12.6. The highest BCUT2D eigenvalue weighted by Crippen LogP contribution is 2.29. The minimum Gasteiger partial charge on any atom is -0.368 e. The largest absolute Gasteiger partial charge is 0.368 e. The zero-order valence-corrected chi connectivity index (χ0v) is 15.2. The first-order valence-corrected chi connectivity index (χ1v) is 9.23. The second-order valence-corrected chi connectivity index (χ2v) is 6.55. The summed E-state index contributed by atoms with van der Waals surface area (Å²) in [5.41, 5.74) is 4.93. The number of nitrogens with zero attached hydrogens (tertiary/aromatic N) is 5. The van der Waals surface area contributed by atoms with E-state index in [-0.39, 0.29) is 0 Å². The molecule has 1 aliphatic carbocycles. The van der Waals surface area contributed by atoms with Gasteiger partial charge in [0.2, 0.25) is 0 Å². The minimum absolute atomic E-state index is 0.727. The van der Waals surface area contributed by atoms with E-state index in [1.165, 1.54) is 0 Å². The molecule has 0 aliphatic heterocycles.